The van der Waals surface area contributed by atoms with Crippen molar-refractivity contribution in [1.82, 2.24) is 0 Å². The van der Waals surface area contributed by atoms with Gasteiger partial charge in [0.25, 0.3) is 5.85 Å². The molecule has 0 aliphatic heterocycles. The Kier molecular flexibility index (Phi) is 2.92. The van der Waals surface area contributed by atoms with Crippen LogP contribution in [0, 0.1) is 0 Å². The SMILES string of the molecule is Oc1ccc(Cl)cc1C(O)(F)C(F)F. The summed E-state index contributed by atoms with van der Waals surface area (Å²) in [5.74, 6) is -4.67. The van der Waals surface area contributed by atoms with E-state index in [0.29, 0.717) is 0 Å². The summed E-state index contributed by atoms with van der Waals surface area (Å²) in [6.45, 7) is 0. The molecule has 14 heavy (non-hydrogen) atoms. The highest BCUT2D eigenvalue weighted by atomic mass is 35.5. The van der Waals surface area contributed by atoms with E-state index in [-0.39, 0.29) is 5.02 Å². The summed E-state index contributed by atoms with van der Waals surface area (Å²) in [5.41, 5.74) is -0.944. The summed E-state index contributed by atoms with van der Waals surface area (Å²) in [4.78, 5) is 0. The fraction of sp³-hybridized carbons (Fsp3) is 0.250. The Morgan fingerprint density at radius 1 is 1.36 bits per heavy atom. The maximum Gasteiger partial charge on any atom is 0.300 e. The Hall–Kier alpha value is -0.940. The topological polar surface area (TPSA) is 40.5 Å². The molecule has 0 saturated heterocycles. The Balaban J connectivity index is 3.24. The van der Waals surface area contributed by atoms with E-state index in [2.05, 4.69) is 0 Å². The molecule has 0 amide bonds. The molecule has 0 fully saturated rings. The summed E-state index contributed by atoms with van der Waals surface area (Å²) in [5, 5.41) is 17.7. The van der Waals surface area contributed by atoms with Gasteiger partial charge in [-0.05, 0) is 18.2 Å². The number of aromatic hydroxyl groups is 1. The van der Waals surface area contributed by atoms with Crippen molar-refractivity contribution < 1.29 is 23.4 Å². The summed E-state index contributed by atoms with van der Waals surface area (Å²) >= 11 is 5.39. The second-order valence-corrected chi connectivity index (χ2v) is 3.07. The molecule has 1 aromatic rings. The van der Waals surface area contributed by atoms with Crippen molar-refractivity contribution in [2.75, 3.05) is 0 Å². The molecule has 1 unspecified atom stereocenters. The minimum Gasteiger partial charge on any atom is -0.507 e. The molecule has 0 aromatic heterocycles. The van der Waals surface area contributed by atoms with Crippen molar-refractivity contribution in [3.8, 4) is 5.75 Å². The van der Waals surface area contributed by atoms with Crippen molar-refractivity contribution in [3.63, 3.8) is 0 Å². The van der Waals surface area contributed by atoms with Crippen LogP contribution < -0.4 is 0 Å². The first kappa shape index (κ1) is 11.1. The van der Waals surface area contributed by atoms with Gasteiger partial charge in [0.2, 0.25) is 0 Å². The largest absolute Gasteiger partial charge is 0.507 e. The van der Waals surface area contributed by atoms with Crippen molar-refractivity contribution in [2.45, 2.75) is 12.3 Å². The third kappa shape index (κ3) is 1.93. The minimum absolute atomic E-state index is 0.0606. The van der Waals surface area contributed by atoms with E-state index < -0.39 is 23.6 Å². The lowest BCUT2D eigenvalue weighted by Gasteiger charge is -2.19. The van der Waals surface area contributed by atoms with Crippen molar-refractivity contribution >= 4 is 11.6 Å². The number of alkyl halides is 3. The zero-order valence-electron chi connectivity index (χ0n) is 6.72. The van der Waals surface area contributed by atoms with Gasteiger partial charge in [-0.15, -0.1) is 0 Å². The van der Waals surface area contributed by atoms with Gasteiger partial charge in [-0.1, -0.05) is 11.6 Å². The molecule has 78 valence electrons. The predicted molar refractivity (Wildman–Crippen MR) is 44.1 cm³/mol. The summed E-state index contributed by atoms with van der Waals surface area (Å²) in [6.07, 6.45) is -3.66. The fourth-order valence-corrected chi connectivity index (χ4v) is 1.08. The minimum atomic E-state index is -3.89. The number of hydrogen-bond donors (Lipinski definition) is 2. The molecule has 0 spiro atoms. The molecule has 1 atom stereocenters. The first-order valence-corrected chi connectivity index (χ1v) is 3.92. The molecule has 1 rings (SSSR count). The number of phenolic OH excluding ortho intramolecular Hbond substituents is 1. The highest BCUT2D eigenvalue weighted by molar-refractivity contribution is 6.30. The molecular weight excluding hydrogens is 221 g/mol. The van der Waals surface area contributed by atoms with Crippen molar-refractivity contribution in [3.05, 3.63) is 28.8 Å². The van der Waals surface area contributed by atoms with Crippen LogP contribution in [0.5, 0.6) is 5.75 Å². The second-order valence-electron chi connectivity index (χ2n) is 2.64. The molecule has 2 N–H and O–H groups in total. The lowest BCUT2D eigenvalue weighted by atomic mass is 10.1. The maximum absolute atomic E-state index is 13.0. The lowest BCUT2D eigenvalue weighted by Crippen LogP contribution is -2.28. The molecule has 2 nitrogen and oxygen atoms in total. The quantitative estimate of drug-likeness (QED) is 0.813. The lowest BCUT2D eigenvalue weighted by molar-refractivity contribution is -0.195. The zero-order chi connectivity index (χ0) is 10.9. The van der Waals surface area contributed by atoms with Crippen molar-refractivity contribution in [1.29, 1.82) is 0 Å². The van der Waals surface area contributed by atoms with Crippen LogP contribution in [0.2, 0.25) is 5.02 Å². The van der Waals surface area contributed by atoms with Crippen LogP contribution in [0.3, 0.4) is 0 Å². The third-order valence-electron chi connectivity index (χ3n) is 1.63. The normalized spacial score (nSPS) is 15.6. The van der Waals surface area contributed by atoms with E-state index in [4.69, 9.17) is 21.8 Å². The fourth-order valence-electron chi connectivity index (χ4n) is 0.907. The average Bonchev–Trinajstić information content (AvgIpc) is 2.08. The van der Waals surface area contributed by atoms with Gasteiger partial charge >= 0.3 is 6.43 Å². The zero-order valence-corrected chi connectivity index (χ0v) is 7.47. The maximum atomic E-state index is 13.0. The number of rotatable bonds is 2. The summed E-state index contributed by atoms with van der Waals surface area (Å²) in [6, 6.07) is 2.84. The van der Waals surface area contributed by atoms with Gasteiger partial charge in [0.15, 0.2) is 0 Å². The van der Waals surface area contributed by atoms with E-state index in [1.807, 2.05) is 0 Å². The van der Waals surface area contributed by atoms with Crippen LogP contribution in [0.4, 0.5) is 13.2 Å². The van der Waals surface area contributed by atoms with Gasteiger partial charge in [0, 0.05) is 5.02 Å². The first-order valence-electron chi connectivity index (χ1n) is 3.54. The Bertz CT molecular complexity index is 341. The number of benzene rings is 1. The van der Waals surface area contributed by atoms with Gasteiger partial charge in [-0.3, -0.25) is 0 Å². The van der Waals surface area contributed by atoms with Crippen LogP contribution in [0.15, 0.2) is 18.2 Å². The van der Waals surface area contributed by atoms with E-state index in [1.165, 1.54) is 6.07 Å². The third-order valence-corrected chi connectivity index (χ3v) is 1.86. The molecule has 0 aliphatic carbocycles. The smallest absolute Gasteiger partial charge is 0.300 e. The molecular formula is C8H6ClF3O2. The van der Waals surface area contributed by atoms with Crippen molar-refractivity contribution in [2.24, 2.45) is 0 Å². The highest BCUT2D eigenvalue weighted by Crippen LogP contribution is 2.36. The molecule has 0 saturated carbocycles. The molecule has 0 heterocycles. The van der Waals surface area contributed by atoms with Gasteiger partial charge in [-0.25, -0.2) is 13.2 Å². The highest BCUT2D eigenvalue weighted by Gasteiger charge is 2.42. The first-order chi connectivity index (χ1) is 6.35. The standard InChI is InChI=1S/C8H6ClF3O2/c9-4-1-2-6(13)5(3-4)8(12,14)7(10)11/h1-3,7,13-14H. The number of halogens is 4. The Morgan fingerprint density at radius 2 is 1.93 bits per heavy atom. The molecule has 6 heteroatoms. The molecule has 0 aliphatic rings. The van der Waals surface area contributed by atoms with Gasteiger partial charge in [0.05, 0.1) is 5.56 Å². The van der Waals surface area contributed by atoms with Gasteiger partial charge in [-0.2, -0.15) is 0 Å². The van der Waals surface area contributed by atoms with Gasteiger partial charge in [0.1, 0.15) is 5.75 Å². The average molecular weight is 227 g/mol. The predicted octanol–water partition coefficient (Wildman–Crippen LogP) is 2.43. The van der Waals surface area contributed by atoms with E-state index in [9.17, 15) is 13.2 Å². The molecule has 0 bridgehead atoms. The molecule has 1 aromatic carbocycles. The number of aliphatic hydroxyl groups is 1. The van der Waals surface area contributed by atoms with Crippen LogP contribution in [0.25, 0.3) is 0 Å². The summed E-state index contributed by atoms with van der Waals surface area (Å²) < 4.78 is 37.0. The van der Waals surface area contributed by atoms with Crippen LogP contribution in [-0.4, -0.2) is 16.6 Å². The van der Waals surface area contributed by atoms with Gasteiger partial charge < -0.3 is 10.2 Å². The van der Waals surface area contributed by atoms with E-state index in [0.717, 1.165) is 12.1 Å². The van der Waals surface area contributed by atoms with Crippen LogP contribution in [0.1, 0.15) is 5.56 Å². The summed E-state index contributed by atoms with van der Waals surface area (Å²) in [7, 11) is 0. The Labute approximate surface area is 82.5 Å². The second kappa shape index (κ2) is 3.67. The Morgan fingerprint density at radius 3 is 2.43 bits per heavy atom. The van der Waals surface area contributed by atoms with E-state index in [1.54, 1.807) is 0 Å². The van der Waals surface area contributed by atoms with Crippen LogP contribution in [-0.2, 0) is 5.85 Å². The molecule has 0 radical (unpaired) electrons. The number of hydrogen-bond acceptors (Lipinski definition) is 2. The van der Waals surface area contributed by atoms with Crippen LogP contribution >= 0.6 is 11.6 Å². The van der Waals surface area contributed by atoms with E-state index >= 15 is 0 Å². The number of phenols is 1. The monoisotopic (exact) mass is 226 g/mol.